The number of aromatic nitrogens is 5. The summed E-state index contributed by atoms with van der Waals surface area (Å²) in [6.07, 6.45) is 3.38. The first-order chi connectivity index (χ1) is 14.2. The second kappa shape index (κ2) is 8.39. The number of carbonyl (C=O) groups excluding carboxylic acids is 2. The van der Waals surface area contributed by atoms with Crippen LogP contribution in [0.3, 0.4) is 0 Å². The van der Waals surface area contributed by atoms with E-state index in [2.05, 4.69) is 25.8 Å². The van der Waals surface area contributed by atoms with Gasteiger partial charge in [-0.15, -0.1) is 5.10 Å². The quantitative estimate of drug-likeness (QED) is 0.570. The zero-order chi connectivity index (χ0) is 20.2. The van der Waals surface area contributed by atoms with Crippen LogP contribution in [0.1, 0.15) is 33.8 Å². The van der Waals surface area contributed by atoms with E-state index in [1.165, 1.54) is 0 Å². The number of fused-ring (bicyclic) bond motifs is 1. The summed E-state index contributed by atoms with van der Waals surface area (Å²) in [5.74, 6) is -0.391. The lowest BCUT2D eigenvalue weighted by molar-refractivity contribution is 0.0716. The molecule has 2 aromatic heterocycles. The van der Waals surface area contributed by atoms with Gasteiger partial charge < -0.3 is 15.0 Å². The molecule has 0 spiro atoms. The first-order valence-electron chi connectivity index (χ1n) is 9.58. The Morgan fingerprint density at radius 1 is 1.34 bits per heavy atom. The highest BCUT2D eigenvalue weighted by Gasteiger charge is 2.32. The van der Waals surface area contributed by atoms with Crippen molar-refractivity contribution in [3.63, 3.8) is 0 Å². The van der Waals surface area contributed by atoms with Crippen LogP contribution in [0.2, 0.25) is 0 Å². The molecule has 0 aliphatic carbocycles. The van der Waals surface area contributed by atoms with Gasteiger partial charge in [-0.3, -0.25) is 14.7 Å². The highest BCUT2D eigenvalue weighted by molar-refractivity contribution is 6.04. The molecular formula is C19H23N7O3. The average molecular weight is 397 g/mol. The number of rotatable bonds is 7. The highest BCUT2D eigenvalue weighted by Crippen LogP contribution is 2.24. The molecule has 10 heteroatoms. The van der Waals surface area contributed by atoms with Crippen molar-refractivity contribution < 1.29 is 14.3 Å². The third-order valence-electron chi connectivity index (χ3n) is 5.07. The molecule has 0 radical (unpaired) electrons. The molecular weight excluding hydrogens is 374 g/mol. The van der Waals surface area contributed by atoms with Crippen molar-refractivity contribution in [1.82, 2.24) is 35.4 Å². The lowest BCUT2D eigenvalue weighted by Gasteiger charge is -2.23. The molecule has 10 nitrogen and oxygen atoms in total. The maximum absolute atomic E-state index is 13.1. The Morgan fingerprint density at radius 2 is 2.21 bits per heavy atom. The molecule has 1 aromatic carbocycles. The van der Waals surface area contributed by atoms with Crippen molar-refractivity contribution in [3.05, 3.63) is 41.9 Å². The number of amides is 2. The lowest BCUT2D eigenvalue weighted by Crippen LogP contribution is -2.38. The number of benzene rings is 1. The summed E-state index contributed by atoms with van der Waals surface area (Å²) in [7, 11) is 1.57. The van der Waals surface area contributed by atoms with Crippen LogP contribution in [-0.2, 0) is 11.3 Å². The minimum absolute atomic E-state index is 0.0240. The zero-order valence-corrected chi connectivity index (χ0v) is 16.2. The van der Waals surface area contributed by atoms with E-state index >= 15 is 0 Å². The molecule has 3 heterocycles. The zero-order valence-electron chi connectivity index (χ0n) is 16.2. The molecule has 0 bridgehead atoms. The monoisotopic (exact) mass is 397 g/mol. The molecule has 1 aliphatic rings. The van der Waals surface area contributed by atoms with Gasteiger partial charge in [0, 0.05) is 25.6 Å². The van der Waals surface area contributed by atoms with Gasteiger partial charge in [0.1, 0.15) is 0 Å². The third-order valence-corrected chi connectivity index (χ3v) is 5.07. The fourth-order valence-electron chi connectivity index (χ4n) is 3.62. The molecule has 1 atom stereocenters. The highest BCUT2D eigenvalue weighted by atomic mass is 16.5. The van der Waals surface area contributed by atoms with Crippen molar-refractivity contribution in [2.75, 3.05) is 26.8 Å². The van der Waals surface area contributed by atoms with Crippen molar-refractivity contribution in [3.8, 4) is 0 Å². The molecule has 1 fully saturated rings. The van der Waals surface area contributed by atoms with Crippen LogP contribution in [0.25, 0.3) is 10.9 Å². The second-order valence-corrected chi connectivity index (χ2v) is 6.99. The van der Waals surface area contributed by atoms with Crippen molar-refractivity contribution >= 4 is 22.7 Å². The minimum atomic E-state index is -0.296. The van der Waals surface area contributed by atoms with Gasteiger partial charge >= 0.3 is 0 Å². The van der Waals surface area contributed by atoms with E-state index in [9.17, 15) is 9.59 Å². The van der Waals surface area contributed by atoms with Crippen LogP contribution in [0.4, 0.5) is 0 Å². The van der Waals surface area contributed by atoms with Crippen LogP contribution in [0, 0.1) is 0 Å². The van der Waals surface area contributed by atoms with E-state index in [4.69, 9.17) is 4.74 Å². The molecule has 152 valence electrons. The molecule has 0 unspecified atom stereocenters. The fourth-order valence-corrected chi connectivity index (χ4v) is 3.62. The average Bonchev–Trinajstić information content (AvgIpc) is 3.47. The molecule has 1 saturated heterocycles. The number of methoxy groups -OCH3 is 1. The van der Waals surface area contributed by atoms with Gasteiger partial charge in [-0.1, -0.05) is 23.4 Å². The number of para-hydroxylation sites is 1. The Morgan fingerprint density at radius 3 is 3.07 bits per heavy atom. The van der Waals surface area contributed by atoms with E-state index in [1.54, 1.807) is 18.0 Å². The Kier molecular flexibility index (Phi) is 5.52. The number of hydrogen-bond acceptors (Lipinski definition) is 6. The normalized spacial score (nSPS) is 16.4. The van der Waals surface area contributed by atoms with Gasteiger partial charge in [0.2, 0.25) is 0 Å². The Bertz CT molecular complexity index is 1010. The van der Waals surface area contributed by atoms with E-state index < -0.39 is 0 Å². The SMILES string of the molecule is COCCNC(=O)c1cn(C[C@@H]2CCCN2C(=O)c2n[nH]c3ccccc23)nn1. The van der Waals surface area contributed by atoms with Gasteiger partial charge in [-0.05, 0) is 18.9 Å². The summed E-state index contributed by atoms with van der Waals surface area (Å²) >= 11 is 0. The van der Waals surface area contributed by atoms with Crippen LogP contribution >= 0.6 is 0 Å². The van der Waals surface area contributed by atoms with E-state index in [0.717, 1.165) is 23.7 Å². The Balaban J connectivity index is 1.44. The maximum Gasteiger partial charge on any atom is 0.275 e. The van der Waals surface area contributed by atoms with Crippen LogP contribution in [0.5, 0.6) is 0 Å². The first kappa shape index (κ1) is 19.1. The van der Waals surface area contributed by atoms with Crippen molar-refractivity contribution in [2.24, 2.45) is 0 Å². The summed E-state index contributed by atoms with van der Waals surface area (Å²) in [6, 6.07) is 7.56. The van der Waals surface area contributed by atoms with Gasteiger partial charge in [0.25, 0.3) is 11.8 Å². The standard InChI is InChI=1S/C19H23N7O3/c1-29-10-8-20-18(27)16-12-25(24-22-16)11-13-5-4-9-26(13)19(28)17-14-6-2-3-7-15(14)21-23-17/h2-3,6-7,12-13H,4-5,8-11H2,1H3,(H,20,27)(H,21,23)/t13-/m0/s1. The molecule has 1 aliphatic heterocycles. The van der Waals surface area contributed by atoms with Gasteiger partial charge in [-0.25, -0.2) is 4.68 Å². The molecule has 3 aromatic rings. The lowest BCUT2D eigenvalue weighted by atomic mass is 10.1. The maximum atomic E-state index is 13.1. The Hall–Kier alpha value is -3.27. The van der Waals surface area contributed by atoms with Gasteiger partial charge in [0.15, 0.2) is 11.4 Å². The molecule has 2 N–H and O–H groups in total. The molecule has 29 heavy (non-hydrogen) atoms. The summed E-state index contributed by atoms with van der Waals surface area (Å²) in [4.78, 5) is 27.0. The first-order valence-corrected chi connectivity index (χ1v) is 9.58. The number of aromatic amines is 1. The smallest absolute Gasteiger partial charge is 0.275 e. The molecule has 0 saturated carbocycles. The Labute approximate surface area is 167 Å². The predicted octanol–water partition coefficient (Wildman–Crippen LogP) is 0.835. The second-order valence-electron chi connectivity index (χ2n) is 6.99. The number of H-pyrrole nitrogens is 1. The molecule has 4 rings (SSSR count). The summed E-state index contributed by atoms with van der Waals surface area (Å²) in [5, 5.41) is 18.7. The number of likely N-dealkylation sites (tertiary alicyclic amines) is 1. The van der Waals surface area contributed by atoms with E-state index in [0.29, 0.717) is 31.9 Å². The van der Waals surface area contributed by atoms with E-state index in [1.807, 2.05) is 29.2 Å². The topological polar surface area (TPSA) is 118 Å². The number of nitrogens with one attached hydrogen (secondary N) is 2. The van der Waals surface area contributed by atoms with Crippen LogP contribution < -0.4 is 5.32 Å². The summed E-state index contributed by atoms with van der Waals surface area (Å²) in [5.41, 5.74) is 1.52. The number of hydrogen-bond donors (Lipinski definition) is 2. The van der Waals surface area contributed by atoms with E-state index in [-0.39, 0.29) is 23.6 Å². The number of ether oxygens (including phenoxy) is 1. The molecule has 2 amide bonds. The van der Waals surface area contributed by atoms with Crippen molar-refractivity contribution in [2.45, 2.75) is 25.4 Å². The minimum Gasteiger partial charge on any atom is -0.383 e. The number of nitrogens with zero attached hydrogens (tertiary/aromatic N) is 5. The largest absolute Gasteiger partial charge is 0.383 e. The summed E-state index contributed by atoms with van der Waals surface area (Å²) in [6.45, 7) is 1.99. The third kappa shape index (κ3) is 3.97. The van der Waals surface area contributed by atoms with Crippen LogP contribution in [0.15, 0.2) is 30.5 Å². The number of carbonyl (C=O) groups is 2. The fraction of sp³-hybridized carbons (Fsp3) is 0.421. The summed E-state index contributed by atoms with van der Waals surface area (Å²) < 4.78 is 6.53. The van der Waals surface area contributed by atoms with Crippen LogP contribution in [-0.4, -0.2) is 74.8 Å². The van der Waals surface area contributed by atoms with Crippen molar-refractivity contribution in [1.29, 1.82) is 0 Å². The van der Waals surface area contributed by atoms with Gasteiger partial charge in [-0.2, -0.15) is 5.10 Å². The predicted molar refractivity (Wildman–Crippen MR) is 104 cm³/mol. The van der Waals surface area contributed by atoms with Gasteiger partial charge in [0.05, 0.1) is 30.9 Å².